The van der Waals surface area contributed by atoms with E-state index in [-0.39, 0.29) is 18.9 Å². The third-order valence-corrected chi connectivity index (χ3v) is 2.24. The zero-order chi connectivity index (χ0) is 13.6. The highest BCUT2D eigenvalue weighted by molar-refractivity contribution is 6.67. The molecule has 4 nitrogen and oxygen atoms in total. The average Bonchev–Trinajstić information content (AvgIpc) is 2.11. The summed E-state index contributed by atoms with van der Waals surface area (Å²) in [5, 5.41) is 8.91. The molecule has 0 saturated heterocycles. The number of carbonyl (C=O) groups is 2. The molecule has 0 aliphatic carbocycles. The monoisotopic (exact) mass is 304 g/mol. The first kappa shape index (κ1) is 16.8. The summed E-state index contributed by atoms with van der Waals surface area (Å²) >= 11 is 16.2. The van der Waals surface area contributed by atoms with Crippen molar-refractivity contribution in [3.63, 3.8) is 0 Å². The number of ether oxygens (including phenoxy) is 1. The van der Waals surface area contributed by atoms with E-state index < -0.39 is 21.6 Å². The fourth-order valence-electron chi connectivity index (χ4n) is 1.26. The van der Waals surface area contributed by atoms with Crippen LogP contribution in [0.1, 0.15) is 26.7 Å². The van der Waals surface area contributed by atoms with Crippen molar-refractivity contribution in [2.75, 3.05) is 6.61 Å². The van der Waals surface area contributed by atoms with E-state index in [1.54, 1.807) is 0 Å². The molecule has 100 valence electrons. The third-order valence-electron chi connectivity index (χ3n) is 1.92. The standard InChI is InChI=1S/C10H15Cl3O4/c1-6(2)3-7(9(15)16)4-8(14)17-5-10(11,12)13/h6-7H,3-5H2,1-2H3,(H,15,16)/t7-/m1/s1. The van der Waals surface area contributed by atoms with Gasteiger partial charge in [-0.2, -0.15) is 0 Å². The van der Waals surface area contributed by atoms with Gasteiger partial charge in [0.25, 0.3) is 0 Å². The molecule has 0 bridgehead atoms. The van der Waals surface area contributed by atoms with E-state index in [0.29, 0.717) is 6.42 Å². The molecule has 0 radical (unpaired) electrons. The van der Waals surface area contributed by atoms with Crippen molar-refractivity contribution in [2.24, 2.45) is 11.8 Å². The van der Waals surface area contributed by atoms with Crippen LogP contribution in [0.3, 0.4) is 0 Å². The Morgan fingerprint density at radius 3 is 2.18 bits per heavy atom. The lowest BCUT2D eigenvalue weighted by atomic mass is 9.94. The molecule has 0 aliphatic rings. The number of alkyl halides is 3. The summed E-state index contributed by atoms with van der Waals surface area (Å²) in [4.78, 5) is 22.2. The van der Waals surface area contributed by atoms with E-state index in [9.17, 15) is 9.59 Å². The van der Waals surface area contributed by atoms with Gasteiger partial charge in [0.05, 0.1) is 12.3 Å². The minimum absolute atomic E-state index is 0.178. The molecule has 1 N–H and O–H groups in total. The fraction of sp³-hybridized carbons (Fsp3) is 0.800. The molecular formula is C10H15Cl3O4. The molecule has 0 aromatic carbocycles. The van der Waals surface area contributed by atoms with Gasteiger partial charge in [-0.25, -0.2) is 0 Å². The number of carbonyl (C=O) groups excluding carboxylic acids is 1. The van der Waals surface area contributed by atoms with Crippen LogP contribution in [0.5, 0.6) is 0 Å². The summed E-state index contributed by atoms with van der Waals surface area (Å²) in [6, 6.07) is 0. The highest BCUT2D eigenvalue weighted by atomic mass is 35.6. The number of hydrogen-bond donors (Lipinski definition) is 1. The van der Waals surface area contributed by atoms with Crippen LogP contribution in [-0.2, 0) is 14.3 Å². The lowest BCUT2D eigenvalue weighted by Crippen LogP contribution is -2.23. The van der Waals surface area contributed by atoms with E-state index in [1.165, 1.54) is 0 Å². The molecule has 0 unspecified atom stereocenters. The number of aliphatic carboxylic acids is 1. The maximum absolute atomic E-state index is 11.3. The molecule has 17 heavy (non-hydrogen) atoms. The van der Waals surface area contributed by atoms with Crippen molar-refractivity contribution in [1.82, 2.24) is 0 Å². The summed E-state index contributed by atoms with van der Waals surface area (Å²) in [6.45, 7) is 3.37. The highest BCUT2D eigenvalue weighted by Crippen LogP contribution is 2.26. The summed E-state index contributed by atoms with van der Waals surface area (Å²) in [5.41, 5.74) is 0. The Kier molecular flexibility index (Phi) is 7.21. The van der Waals surface area contributed by atoms with Crippen LogP contribution in [0.25, 0.3) is 0 Å². The van der Waals surface area contributed by atoms with Gasteiger partial charge in [0, 0.05) is 0 Å². The zero-order valence-corrected chi connectivity index (χ0v) is 11.8. The normalized spacial score (nSPS) is 13.5. The van der Waals surface area contributed by atoms with Gasteiger partial charge < -0.3 is 9.84 Å². The summed E-state index contributed by atoms with van der Waals surface area (Å²) in [6.07, 6.45) is 0.187. The number of halogens is 3. The molecule has 0 heterocycles. The quantitative estimate of drug-likeness (QED) is 0.605. The maximum atomic E-state index is 11.3. The number of esters is 1. The second-order valence-electron chi connectivity index (χ2n) is 4.14. The largest absolute Gasteiger partial charge is 0.481 e. The van der Waals surface area contributed by atoms with Gasteiger partial charge in [0.1, 0.15) is 6.61 Å². The van der Waals surface area contributed by atoms with Crippen LogP contribution in [0, 0.1) is 11.8 Å². The second kappa shape index (κ2) is 7.29. The van der Waals surface area contributed by atoms with E-state index >= 15 is 0 Å². The van der Waals surface area contributed by atoms with Crippen LogP contribution < -0.4 is 0 Å². The Morgan fingerprint density at radius 2 is 1.82 bits per heavy atom. The fourth-order valence-corrected chi connectivity index (χ4v) is 1.43. The lowest BCUT2D eigenvalue weighted by Gasteiger charge is -2.15. The second-order valence-corrected chi connectivity index (χ2v) is 6.66. The van der Waals surface area contributed by atoms with Crippen molar-refractivity contribution >= 4 is 46.7 Å². The van der Waals surface area contributed by atoms with E-state index in [1.807, 2.05) is 13.8 Å². The SMILES string of the molecule is CC(C)C[C@H](CC(=O)OCC(Cl)(Cl)Cl)C(=O)O. The summed E-state index contributed by atoms with van der Waals surface area (Å²) in [7, 11) is 0. The highest BCUT2D eigenvalue weighted by Gasteiger charge is 2.26. The molecule has 1 atom stereocenters. The smallest absolute Gasteiger partial charge is 0.307 e. The zero-order valence-electron chi connectivity index (χ0n) is 9.58. The lowest BCUT2D eigenvalue weighted by molar-refractivity contribution is -0.152. The van der Waals surface area contributed by atoms with Crippen molar-refractivity contribution < 1.29 is 19.4 Å². The van der Waals surface area contributed by atoms with Gasteiger partial charge in [-0.3, -0.25) is 9.59 Å². The Hall–Kier alpha value is -0.190. The summed E-state index contributed by atoms with van der Waals surface area (Å²) < 4.78 is 3.00. The van der Waals surface area contributed by atoms with Crippen LogP contribution >= 0.6 is 34.8 Å². The number of carboxylic acids is 1. The third kappa shape index (κ3) is 9.51. The molecule has 0 amide bonds. The van der Waals surface area contributed by atoms with Gasteiger partial charge >= 0.3 is 11.9 Å². The number of hydrogen-bond acceptors (Lipinski definition) is 3. The van der Waals surface area contributed by atoms with Crippen molar-refractivity contribution in [3.8, 4) is 0 Å². The molecular weight excluding hydrogens is 290 g/mol. The first-order chi connectivity index (χ1) is 7.61. The Morgan fingerprint density at radius 1 is 1.29 bits per heavy atom. The van der Waals surface area contributed by atoms with Crippen molar-refractivity contribution in [2.45, 2.75) is 30.5 Å². The topological polar surface area (TPSA) is 63.6 Å². The molecule has 0 spiro atoms. The molecule has 7 heteroatoms. The average molecular weight is 306 g/mol. The molecule has 0 saturated carbocycles. The van der Waals surface area contributed by atoms with Crippen LogP contribution in [0.15, 0.2) is 0 Å². The molecule has 0 aromatic heterocycles. The van der Waals surface area contributed by atoms with Gasteiger partial charge in [0.2, 0.25) is 3.79 Å². The van der Waals surface area contributed by atoms with E-state index in [2.05, 4.69) is 4.74 Å². The van der Waals surface area contributed by atoms with E-state index in [0.717, 1.165) is 0 Å². The van der Waals surface area contributed by atoms with Gasteiger partial charge in [0.15, 0.2) is 0 Å². The van der Waals surface area contributed by atoms with Crippen molar-refractivity contribution in [3.05, 3.63) is 0 Å². The van der Waals surface area contributed by atoms with Crippen LogP contribution in [0.4, 0.5) is 0 Å². The number of rotatable bonds is 6. The minimum atomic E-state index is -1.67. The van der Waals surface area contributed by atoms with Crippen molar-refractivity contribution in [1.29, 1.82) is 0 Å². The summed E-state index contributed by atoms with van der Waals surface area (Å²) in [5.74, 6) is -2.29. The Labute approximate surface area is 115 Å². The van der Waals surface area contributed by atoms with E-state index in [4.69, 9.17) is 39.9 Å². The van der Waals surface area contributed by atoms with Crippen LogP contribution in [-0.4, -0.2) is 27.4 Å². The molecule has 0 aromatic rings. The first-order valence-electron chi connectivity index (χ1n) is 5.07. The Bertz CT molecular complexity index is 273. The van der Waals surface area contributed by atoms with Gasteiger partial charge in [-0.05, 0) is 12.3 Å². The van der Waals surface area contributed by atoms with Gasteiger partial charge in [-0.1, -0.05) is 48.7 Å². The minimum Gasteiger partial charge on any atom is -0.481 e. The molecule has 0 fully saturated rings. The predicted octanol–water partition coefficient (Wildman–Crippen LogP) is 3.04. The van der Waals surface area contributed by atoms with Gasteiger partial charge in [-0.15, -0.1) is 0 Å². The Balaban J connectivity index is 4.18. The molecule has 0 rings (SSSR count). The molecule has 0 aliphatic heterocycles. The predicted molar refractivity (Wildman–Crippen MR) is 66.4 cm³/mol. The van der Waals surface area contributed by atoms with Crippen LogP contribution in [0.2, 0.25) is 0 Å². The number of carboxylic acid groups (broad SMARTS) is 1. The first-order valence-corrected chi connectivity index (χ1v) is 6.20. The maximum Gasteiger partial charge on any atom is 0.307 e.